The van der Waals surface area contributed by atoms with Gasteiger partial charge in [-0.05, 0) is 5.53 Å². The van der Waals surface area contributed by atoms with E-state index in [0.717, 1.165) is 5.06 Å². The first-order valence-electron chi connectivity index (χ1n) is 6.37. The highest BCUT2D eigenvalue weighted by molar-refractivity contribution is 6.37. The Hall–Kier alpha value is -2.16. The zero-order valence-electron chi connectivity index (χ0n) is 11.4. The second-order valence-electron chi connectivity index (χ2n) is 3.97. The molecule has 0 spiro atoms. The summed E-state index contributed by atoms with van der Waals surface area (Å²) in [5.74, 6) is -1.99. The van der Waals surface area contributed by atoms with E-state index in [2.05, 4.69) is 10.0 Å². The van der Waals surface area contributed by atoms with Gasteiger partial charge in [-0.25, -0.2) is 4.79 Å². The van der Waals surface area contributed by atoms with E-state index in [-0.39, 0.29) is 39.1 Å². The van der Waals surface area contributed by atoms with Gasteiger partial charge in [0.05, 0.1) is 39.4 Å². The number of carbonyl (C=O) groups excluding carboxylic acids is 3. The number of nitrogens with zero attached hydrogens (tertiary/aromatic N) is 4. The smallest absolute Gasteiger partial charge is 0.334 e. The van der Waals surface area contributed by atoms with Gasteiger partial charge < -0.3 is 14.3 Å². The monoisotopic (exact) mass is 300 g/mol. The van der Waals surface area contributed by atoms with Crippen molar-refractivity contribution < 1.29 is 28.7 Å². The number of ether oxygens (including phenoxy) is 2. The molecule has 1 saturated heterocycles. The highest BCUT2D eigenvalue weighted by atomic mass is 16.7. The molecule has 1 aliphatic rings. The summed E-state index contributed by atoms with van der Waals surface area (Å²) in [5.41, 5.74) is 8.02. The Kier molecular flexibility index (Phi) is 7.80. The fourth-order valence-corrected chi connectivity index (χ4v) is 1.43. The van der Waals surface area contributed by atoms with E-state index < -0.39 is 17.7 Å². The van der Waals surface area contributed by atoms with Crippen LogP contribution in [-0.2, 0) is 28.7 Å². The first kappa shape index (κ1) is 16.9. The maximum atomic E-state index is 11.4. The van der Waals surface area contributed by atoms with Crippen molar-refractivity contribution in [3.63, 3.8) is 0 Å². The lowest BCUT2D eigenvalue weighted by Crippen LogP contribution is -2.30. The molecule has 0 aromatic heterocycles. The molecule has 1 amide bonds. The van der Waals surface area contributed by atoms with E-state index in [9.17, 15) is 14.4 Å². The average molecular weight is 300 g/mol. The second kappa shape index (κ2) is 9.70. The van der Waals surface area contributed by atoms with Gasteiger partial charge in [-0.1, -0.05) is 5.11 Å². The number of amides is 1. The predicted molar refractivity (Wildman–Crippen MR) is 67.7 cm³/mol. The standard InChI is InChI=1S/C11H16N4O6/c12-14-13-3-6-20-8-7-19-5-2-10(17)21-15-4-1-9(16)11(15)18/h1-8H2. The third-order valence-corrected chi connectivity index (χ3v) is 2.44. The number of azide groups is 1. The van der Waals surface area contributed by atoms with E-state index in [1.165, 1.54) is 0 Å². The van der Waals surface area contributed by atoms with Crippen LogP contribution in [0.25, 0.3) is 10.4 Å². The molecule has 0 saturated carbocycles. The topological polar surface area (TPSA) is 131 Å². The van der Waals surface area contributed by atoms with Crippen molar-refractivity contribution >= 4 is 17.7 Å². The molecule has 1 rings (SSSR count). The molecule has 0 radical (unpaired) electrons. The summed E-state index contributed by atoms with van der Waals surface area (Å²) in [6.45, 7) is 1.38. The highest BCUT2D eigenvalue weighted by Gasteiger charge is 2.32. The van der Waals surface area contributed by atoms with Gasteiger partial charge >= 0.3 is 11.9 Å². The van der Waals surface area contributed by atoms with E-state index >= 15 is 0 Å². The van der Waals surface area contributed by atoms with Crippen molar-refractivity contribution in [1.82, 2.24) is 5.06 Å². The SMILES string of the molecule is [N-]=[N+]=NCCOCCOCCC(=O)ON1CCC(=O)C1=O. The fourth-order valence-electron chi connectivity index (χ4n) is 1.43. The minimum absolute atomic E-state index is 0.0311. The molecule has 0 atom stereocenters. The molecule has 0 aromatic carbocycles. The molecule has 1 aliphatic heterocycles. The number of ketones is 1. The Morgan fingerprint density at radius 2 is 1.95 bits per heavy atom. The van der Waals surface area contributed by atoms with E-state index in [1.807, 2.05) is 0 Å². The van der Waals surface area contributed by atoms with Crippen LogP contribution in [0.3, 0.4) is 0 Å². The zero-order chi connectivity index (χ0) is 15.5. The van der Waals surface area contributed by atoms with Crippen LogP contribution in [0.4, 0.5) is 0 Å². The minimum Gasteiger partial charge on any atom is -0.379 e. The van der Waals surface area contributed by atoms with Gasteiger partial charge in [0.15, 0.2) is 0 Å². The molecule has 1 heterocycles. The van der Waals surface area contributed by atoms with Gasteiger partial charge in [0.2, 0.25) is 5.78 Å². The van der Waals surface area contributed by atoms with E-state index in [0.29, 0.717) is 13.2 Å². The van der Waals surface area contributed by atoms with Gasteiger partial charge in [0.1, 0.15) is 0 Å². The van der Waals surface area contributed by atoms with Crippen molar-refractivity contribution in [2.75, 3.05) is 39.5 Å². The van der Waals surface area contributed by atoms with Crippen LogP contribution in [0, 0.1) is 0 Å². The highest BCUT2D eigenvalue weighted by Crippen LogP contribution is 2.07. The second-order valence-corrected chi connectivity index (χ2v) is 3.97. The predicted octanol–water partition coefficient (Wildman–Crippen LogP) is -0.0204. The fraction of sp³-hybridized carbons (Fsp3) is 0.727. The molecule has 0 bridgehead atoms. The molecule has 0 unspecified atom stereocenters. The number of hydroxylamine groups is 2. The van der Waals surface area contributed by atoms with Crippen molar-refractivity contribution in [1.29, 1.82) is 0 Å². The van der Waals surface area contributed by atoms with Crippen molar-refractivity contribution in [2.45, 2.75) is 12.8 Å². The number of carbonyl (C=O) groups is 3. The summed E-state index contributed by atoms with van der Waals surface area (Å²) in [6, 6.07) is 0. The van der Waals surface area contributed by atoms with Gasteiger partial charge in [-0.2, -0.15) is 5.06 Å². The van der Waals surface area contributed by atoms with Crippen LogP contribution >= 0.6 is 0 Å². The Morgan fingerprint density at radius 1 is 1.24 bits per heavy atom. The first-order valence-corrected chi connectivity index (χ1v) is 6.37. The largest absolute Gasteiger partial charge is 0.379 e. The van der Waals surface area contributed by atoms with Crippen molar-refractivity contribution in [3.05, 3.63) is 10.4 Å². The summed E-state index contributed by atoms with van der Waals surface area (Å²) in [4.78, 5) is 40.8. The van der Waals surface area contributed by atoms with Gasteiger partial charge in [-0.15, -0.1) is 0 Å². The molecule has 0 N–H and O–H groups in total. The Morgan fingerprint density at radius 3 is 2.57 bits per heavy atom. The lowest BCUT2D eigenvalue weighted by atomic mass is 10.3. The molecular weight excluding hydrogens is 284 g/mol. The minimum atomic E-state index is -0.794. The third-order valence-electron chi connectivity index (χ3n) is 2.44. The number of Topliss-reactive ketones (excluding diaryl/α,β-unsaturated/α-hetero) is 1. The van der Waals surface area contributed by atoms with Crippen molar-refractivity contribution in [2.24, 2.45) is 5.11 Å². The molecule has 10 heteroatoms. The van der Waals surface area contributed by atoms with Crippen LogP contribution < -0.4 is 0 Å². The summed E-state index contributed by atoms with van der Waals surface area (Å²) in [6.07, 6.45) is 0.0342. The average Bonchev–Trinajstić information content (AvgIpc) is 2.77. The molecule has 10 nitrogen and oxygen atoms in total. The van der Waals surface area contributed by atoms with E-state index in [4.69, 9.17) is 19.8 Å². The van der Waals surface area contributed by atoms with Gasteiger partial charge in [0.25, 0.3) is 0 Å². The van der Waals surface area contributed by atoms with Crippen LogP contribution in [0.2, 0.25) is 0 Å². The Labute approximate surface area is 120 Å². The van der Waals surface area contributed by atoms with Crippen LogP contribution in [-0.4, -0.2) is 62.2 Å². The maximum absolute atomic E-state index is 11.4. The quantitative estimate of drug-likeness (QED) is 0.183. The van der Waals surface area contributed by atoms with Crippen LogP contribution in [0.5, 0.6) is 0 Å². The van der Waals surface area contributed by atoms with Gasteiger partial charge in [-0.3, -0.25) is 9.59 Å². The lowest BCUT2D eigenvalue weighted by Gasteiger charge is -2.13. The normalized spacial score (nSPS) is 14.2. The molecule has 1 fully saturated rings. The molecule has 116 valence electrons. The molecule has 0 aliphatic carbocycles. The van der Waals surface area contributed by atoms with E-state index in [1.54, 1.807) is 0 Å². The third kappa shape index (κ3) is 6.70. The summed E-state index contributed by atoms with van der Waals surface area (Å²) >= 11 is 0. The first-order chi connectivity index (χ1) is 10.1. The lowest BCUT2D eigenvalue weighted by molar-refractivity contribution is -0.193. The molecule has 0 aromatic rings. The Bertz CT molecular complexity index is 434. The van der Waals surface area contributed by atoms with Crippen molar-refractivity contribution in [3.8, 4) is 0 Å². The number of hydrogen-bond donors (Lipinski definition) is 0. The maximum Gasteiger partial charge on any atom is 0.334 e. The number of rotatable bonds is 10. The van der Waals surface area contributed by atoms with Crippen LogP contribution in [0.15, 0.2) is 5.11 Å². The molecule has 21 heavy (non-hydrogen) atoms. The summed E-state index contributed by atoms with van der Waals surface area (Å²) < 4.78 is 10.2. The zero-order valence-corrected chi connectivity index (χ0v) is 11.4. The summed E-state index contributed by atoms with van der Waals surface area (Å²) in [7, 11) is 0. The van der Waals surface area contributed by atoms with Gasteiger partial charge in [0, 0.05) is 17.9 Å². The Balaban J connectivity index is 1.97. The molecular formula is C11H16N4O6. The summed E-state index contributed by atoms with van der Waals surface area (Å²) in [5, 5.41) is 4.05. The van der Waals surface area contributed by atoms with Crippen LogP contribution in [0.1, 0.15) is 12.8 Å². The number of hydrogen-bond acceptors (Lipinski definition) is 7.